The molecular formula is C17H16ClFN6O3. The Morgan fingerprint density at radius 2 is 2.14 bits per heavy atom. The van der Waals surface area contributed by atoms with Crippen LogP contribution in [0.15, 0.2) is 36.5 Å². The molecule has 1 amide bonds. The maximum absolute atomic E-state index is 14.0. The van der Waals surface area contributed by atoms with Gasteiger partial charge in [0.15, 0.2) is 5.82 Å². The van der Waals surface area contributed by atoms with Gasteiger partial charge in [-0.15, -0.1) is 0 Å². The summed E-state index contributed by atoms with van der Waals surface area (Å²) in [4.78, 5) is 22.1. The summed E-state index contributed by atoms with van der Waals surface area (Å²) in [6.07, 6.45) is 1.49. The number of carbonyl (C=O) groups is 1. The molecule has 146 valence electrons. The summed E-state index contributed by atoms with van der Waals surface area (Å²) < 4.78 is 16.8. The number of nitro groups is 1. The lowest BCUT2D eigenvalue weighted by atomic mass is 10.2. The highest BCUT2D eigenvalue weighted by molar-refractivity contribution is 6.31. The average molecular weight is 407 g/mol. The molecule has 0 radical (unpaired) electrons. The monoisotopic (exact) mass is 406 g/mol. The van der Waals surface area contributed by atoms with Gasteiger partial charge in [-0.1, -0.05) is 17.7 Å². The maximum Gasteiger partial charge on any atom is 0.389 e. The fourth-order valence-electron chi connectivity index (χ4n) is 2.56. The summed E-state index contributed by atoms with van der Waals surface area (Å²) in [5.74, 6) is -0.712. The molecule has 0 aliphatic rings. The van der Waals surface area contributed by atoms with Crippen molar-refractivity contribution in [2.75, 3.05) is 5.32 Å². The molecule has 0 saturated carbocycles. The van der Waals surface area contributed by atoms with Gasteiger partial charge in [0.1, 0.15) is 5.82 Å². The standard InChI is InChI=1S/C17H16ClFN6O3/c1-11-9-15(21-24(11)10-12-13(18)3-2-4-14(12)19)20-17(26)6-8-23-7-5-16(22-23)25(27)28/h2-5,7,9H,6,8,10H2,1H3,(H,20,21,26). The zero-order valence-electron chi connectivity index (χ0n) is 14.8. The van der Waals surface area contributed by atoms with Gasteiger partial charge in [0, 0.05) is 28.8 Å². The molecule has 0 aliphatic heterocycles. The smallest absolute Gasteiger partial charge is 0.358 e. The van der Waals surface area contributed by atoms with Gasteiger partial charge in [0.2, 0.25) is 5.91 Å². The van der Waals surface area contributed by atoms with Crippen molar-refractivity contribution >= 4 is 29.1 Å². The molecule has 0 saturated heterocycles. The Balaban J connectivity index is 1.61. The Kier molecular flexibility index (Phi) is 5.69. The number of nitrogens with one attached hydrogen (secondary N) is 1. The van der Waals surface area contributed by atoms with Crippen LogP contribution in [0.3, 0.4) is 0 Å². The van der Waals surface area contributed by atoms with Crippen LogP contribution in [-0.4, -0.2) is 30.4 Å². The molecule has 11 heteroatoms. The molecule has 28 heavy (non-hydrogen) atoms. The first-order valence-corrected chi connectivity index (χ1v) is 8.66. The summed E-state index contributed by atoms with van der Waals surface area (Å²) in [7, 11) is 0. The number of halogens is 2. The van der Waals surface area contributed by atoms with Crippen LogP contribution in [0.5, 0.6) is 0 Å². The van der Waals surface area contributed by atoms with E-state index in [2.05, 4.69) is 15.5 Å². The van der Waals surface area contributed by atoms with Crippen molar-refractivity contribution in [3.63, 3.8) is 0 Å². The van der Waals surface area contributed by atoms with Gasteiger partial charge in [-0.25, -0.2) is 4.39 Å². The highest BCUT2D eigenvalue weighted by Gasteiger charge is 2.14. The first kappa shape index (κ1) is 19.5. The van der Waals surface area contributed by atoms with Crippen LogP contribution in [0.1, 0.15) is 17.7 Å². The van der Waals surface area contributed by atoms with Crippen molar-refractivity contribution in [3.8, 4) is 0 Å². The molecule has 0 bridgehead atoms. The van der Waals surface area contributed by atoms with Crippen LogP contribution >= 0.6 is 11.6 Å². The average Bonchev–Trinajstić information content (AvgIpc) is 3.23. The third-order valence-electron chi connectivity index (χ3n) is 4.00. The molecule has 0 unspecified atom stereocenters. The van der Waals surface area contributed by atoms with Crippen molar-refractivity contribution < 1.29 is 14.1 Å². The number of hydrogen-bond acceptors (Lipinski definition) is 5. The quantitative estimate of drug-likeness (QED) is 0.479. The van der Waals surface area contributed by atoms with Crippen LogP contribution in [-0.2, 0) is 17.9 Å². The van der Waals surface area contributed by atoms with E-state index in [0.29, 0.717) is 16.4 Å². The van der Waals surface area contributed by atoms with E-state index in [1.54, 1.807) is 19.1 Å². The fraction of sp³-hybridized carbons (Fsp3) is 0.235. The number of aromatic nitrogens is 4. The number of carbonyl (C=O) groups excluding carboxylic acids is 1. The van der Waals surface area contributed by atoms with E-state index < -0.39 is 10.7 Å². The van der Waals surface area contributed by atoms with E-state index in [1.165, 1.54) is 33.8 Å². The third kappa shape index (κ3) is 4.52. The Hall–Kier alpha value is -3.27. The van der Waals surface area contributed by atoms with Gasteiger partial charge in [-0.2, -0.15) is 9.78 Å². The largest absolute Gasteiger partial charge is 0.389 e. The molecule has 9 nitrogen and oxygen atoms in total. The zero-order valence-corrected chi connectivity index (χ0v) is 15.6. The van der Waals surface area contributed by atoms with E-state index in [-0.39, 0.29) is 31.2 Å². The predicted molar refractivity (Wildman–Crippen MR) is 99.6 cm³/mol. The molecule has 0 spiro atoms. The number of rotatable bonds is 7. The second-order valence-electron chi connectivity index (χ2n) is 6.02. The molecule has 2 heterocycles. The minimum atomic E-state index is -0.603. The number of nitrogens with zero attached hydrogens (tertiary/aromatic N) is 5. The predicted octanol–water partition coefficient (Wildman–Crippen LogP) is 3.17. The number of benzene rings is 1. The van der Waals surface area contributed by atoms with Crippen molar-refractivity contribution in [1.82, 2.24) is 19.6 Å². The van der Waals surface area contributed by atoms with E-state index >= 15 is 0 Å². The molecule has 1 N–H and O–H groups in total. The van der Waals surface area contributed by atoms with Gasteiger partial charge in [0.25, 0.3) is 0 Å². The molecule has 0 aliphatic carbocycles. The van der Waals surface area contributed by atoms with E-state index in [9.17, 15) is 19.3 Å². The summed E-state index contributed by atoms with van der Waals surface area (Å²) >= 11 is 6.04. The van der Waals surface area contributed by atoms with Gasteiger partial charge in [-0.3, -0.25) is 9.48 Å². The summed E-state index contributed by atoms with van der Waals surface area (Å²) in [6, 6.07) is 7.36. The maximum atomic E-state index is 14.0. The van der Waals surface area contributed by atoms with Crippen LogP contribution in [0.25, 0.3) is 0 Å². The number of hydrogen-bond donors (Lipinski definition) is 1. The topological polar surface area (TPSA) is 108 Å². The van der Waals surface area contributed by atoms with Crippen LogP contribution in [0, 0.1) is 22.9 Å². The van der Waals surface area contributed by atoms with Crippen molar-refractivity contribution in [1.29, 1.82) is 0 Å². The Morgan fingerprint density at radius 3 is 2.82 bits per heavy atom. The molecule has 1 aromatic carbocycles. The van der Waals surface area contributed by atoms with Crippen molar-refractivity contribution in [3.05, 3.63) is 68.7 Å². The Bertz CT molecular complexity index is 1010. The highest BCUT2D eigenvalue weighted by atomic mass is 35.5. The minimum absolute atomic E-state index is 0.0594. The minimum Gasteiger partial charge on any atom is -0.358 e. The van der Waals surface area contributed by atoms with Gasteiger partial charge in [-0.05, 0) is 24.0 Å². The van der Waals surface area contributed by atoms with Gasteiger partial charge in [0.05, 0.1) is 30.5 Å². The lowest BCUT2D eigenvalue weighted by Gasteiger charge is -2.07. The van der Waals surface area contributed by atoms with Crippen LogP contribution in [0.4, 0.5) is 16.0 Å². The van der Waals surface area contributed by atoms with E-state index in [1.807, 2.05) is 0 Å². The van der Waals surface area contributed by atoms with Gasteiger partial charge >= 0.3 is 5.82 Å². The number of amides is 1. The number of anilines is 1. The molecule has 0 atom stereocenters. The van der Waals surface area contributed by atoms with Crippen molar-refractivity contribution in [2.24, 2.45) is 0 Å². The zero-order chi connectivity index (χ0) is 20.3. The molecule has 2 aromatic heterocycles. The second kappa shape index (κ2) is 8.17. The Labute approximate surface area is 163 Å². The number of aryl methyl sites for hydroxylation is 2. The van der Waals surface area contributed by atoms with E-state index in [4.69, 9.17) is 11.6 Å². The van der Waals surface area contributed by atoms with Crippen LogP contribution < -0.4 is 5.32 Å². The normalized spacial score (nSPS) is 10.8. The lowest BCUT2D eigenvalue weighted by molar-refractivity contribution is -0.389. The first-order valence-electron chi connectivity index (χ1n) is 8.28. The highest BCUT2D eigenvalue weighted by Crippen LogP contribution is 2.21. The van der Waals surface area contributed by atoms with Gasteiger partial charge < -0.3 is 15.4 Å². The van der Waals surface area contributed by atoms with E-state index in [0.717, 1.165) is 5.69 Å². The third-order valence-corrected chi connectivity index (χ3v) is 4.35. The molecule has 3 rings (SSSR count). The Morgan fingerprint density at radius 1 is 1.36 bits per heavy atom. The SMILES string of the molecule is Cc1cc(NC(=O)CCn2ccc([N+](=O)[O-])n2)nn1Cc1c(F)cccc1Cl. The summed E-state index contributed by atoms with van der Waals surface area (Å²) in [5.41, 5.74) is 1.03. The summed E-state index contributed by atoms with van der Waals surface area (Å²) in [6.45, 7) is 2.09. The lowest BCUT2D eigenvalue weighted by Crippen LogP contribution is -2.15. The molecule has 3 aromatic rings. The van der Waals surface area contributed by atoms with Crippen molar-refractivity contribution in [2.45, 2.75) is 26.4 Å². The first-order chi connectivity index (χ1) is 13.3. The van der Waals surface area contributed by atoms with Crippen LogP contribution in [0.2, 0.25) is 5.02 Å². The molecule has 0 fully saturated rings. The molecular weight excluding hydrogens is 391 g/mol. The summed E-state index contributed by atoms with van der Waals surface area (Å²) in [5, 5.41) is 21.6. The fourth-order valence-corrected chi connectivity index (χ4v) is 2.78. The second-order valence-corrected chi connectivity index (χ2v) is 6.43.